The van der Waals surface area contributed by atoms with Gasteiger partial charge in [0.1, 0.15) is 0 Å². The highest BCUT2D eigenvalue weighted by Crippen LogP contribution is 2.25. The van der Waals surface area contributed by atoms with E-state index in [2.05, 4.69) is 24.8 Å². The van der Waals surface area contributed by atoms with Crippen LogP contribution in [0.1, 0.15) is 54.6 Å². The summed E-state index contributed by atoms with van der Waals surface area (Å²) in [5.74, 6) is 0.196. The van der Waals surface area contributed by atoms with Crippen LogP contribution in [0.25, 0.3) is 0 Å². The molecular formula is C16H23NO. The predicted molar refractivity (Wildman–Crippen MR) is 74.9 cm³/mol. The van der Waals surface area contributed by atoms with E-state index in [-0.39, 0.29) is 5.91 Å². The van der Waals surface area contributed by atoms with Gasteiger partial charge in [0.15, 0.2) is 0 Å². The molecule has 1 aromatic rings. The van der Waals surface area contributed by atoms with E-state index >= 15 is 0 Å². The highest BCUT2D eigenvalue weighted by atomic mass is 16.2. The number of carbonyl (C=O) groups excluding carboxylic acids is 1. The molecule has 1 aromatic carbocycles. The zero-order valence-corrected chi connectivity index (χ0v) is 11.9. The van der Waals surface area contributed by atoms with Crippen LogP contribution in [0.15, 0.2) is 18.2 Å². The molecule has 0 aromatic heterocycles. The first kappa shape index (κ1) is 13.1. The van der Waals surface area contributed by atoms with Crippen LogP contribution < -0.4 is 0 Å². The molecule has 0 saturated carbocycles. The molecule has 1 fully saturated rings. The first-order valence-electron chi connectivity index (χ1n) is 6.90. The summed E-state index contributed by atoms with van der Waals surface area (Å²) < 4.78 is 0. The smallest absolute Gasteiger partial charge is 0.254 e. The van der Waals surface area contributed by atoms with E-state index in [0.717, 1.165) is 29.5 Å². The molecule has 2 unspecified atom stereocenters. The molecule has 0 radical (unpaired) electrons. The van der Waals surface area contributed by atoms with Crippen molar-refractivity contribution in [2.45, 2.75) is 59.0 Å². The molecule has 1 aliphatic heterocycles. The number of amides is 1. The fourth-order valence-electron chi connectivity index (χ4n) is 3.07. The van der Waals surface area contributed by atoms with Crippen LogP contribution in [-0.4, -0.2) is 22.9 Å². The first-order valence-corrected chi connectivity index (χ1v) is 6.90. The molecule has 0 aliphatic carbocycles. The third-order valence-electron chi connectivity index (χ3n) is 3.90. The third kappa shape index (κ3) is 2.58. The number of carbonyl (C=O) groups is 1. The zero-order chi connectivity index (χ0) is 13.3. The number of aryl methyl sites for hydroxylation is 2. The second kappa shape index (κ2) is 5.13. The van der Waals surface area contributed by atoms with Crippen molar-refractivity contribution < 1.29 is 4.79 Å². The molecule has 2 nitrogen and oxygen atoms in total. The predicted octanol–water partition coefficient (Wildman–Crippen LogP) is 3.71. The van der Waals surface area contributed by atoms with Crippen LogP contribution in [0.2, 0.25) is 0 Å². The van der Waals surface area contributed by atoms with Crippen LogP contribution in [0.4, 0.5) is 0 Å². The van der Waals surface area contributed by atoms with Crippen molar-refractivity contribution in [1.29, 1.82) is 0 Å². The van der Waals surface area contributed by atoms with Crippen LogP contribution in [0.3, 0.4) is 0 Å². The Balaban J connectivity index is 2.29. The summed E-state index contributed by atoms with van der Waals surface area (Å²) in [6.45, 7) is 8.42. The van der Waals surface area contributed by atoms with E-state index in [9.17, 15) is 4.79 Å². The molecule has 2 atom stereocenters. The number of hydrogen-bond acceptors (Lipinski definition) is 1. The molecule has 0 spiro atoms. The maximum absolute atomic E-state index is 12.7. The number of rotatable bonds is 1. The van der Waals surface area contributed by atoms with Crippen molar-refractivity contribution in [3.63, 3.8) is 0 Å². The topological polar surface area (TPSA) is 20.3 Å². The molecule has 2 heteroatoms. The lowest BCUT2D eigenvalue weighted by atomic mass is 9.96. The summed E-state index contributed by atoms with van der Waals surface area (Å²) in [5, 5.41) is 0. The molecule has 0 N–H and O–H groups in total. The fraction of sp³-hybridized carbons (Fsp3) is 0.562. The van der Waals surface area contributed by atoms with Gasteiger partial charge in [-0.25, -0.2) is 0 Å². The molecule has 2 rings (SSSR count). The number of likely N-dealkylation sites (tertiary alicyclic amines) is 1. The summed E-state index contributed by atoms with van der Waals surface area (Å²) in [6, 6.07) is 6.84. The van der Waals surface area contributed by atoms with E-state index in [4.69, 9.17) is 0 Å². The molecule has 1 aliphatic rings. The monoisotopic (exact) mass is 245 g/mol. The van der Waals surface area contributed by atoms with Crippen LogP contribution in [-0.2, 0) is 0 Å². The number of hydrogen-bond donors (Lipinski definition) is 0. The molecule has 18 heavy (non-hydrogen) atoms. The largest absolute Gasteiger partial charge is 0.333 e. The average Bonchev–Trinajstić information content (AvgIpc) is 2.27. The lowest BCUT2D eigenvalue weighted by molar-refractivity contribution is 0.0510. The van der Waals surface area contributed by atoms with Crippen molar-refractivity contribution in [3.8, 4) is 0 Å². The van der Waals surface area contributed by atoms with Gasteiger partial charge in [-0.2, -0.15) is 0 Å². The van der Waals surface area contributed by atoms with Gasteiger partial charge in [0, 0.05) is 17.6 Å². The summed E-state index contributed by atoms with van der Waals surface area (Å²) in [4.78, 5) is 14.7. The standard InChI is InChI=1S/C16H23NO/c1-11-8-12(2)10-15(9-11)16(18)17-13(3)6-5-7-14(17)4/h8-10,13-14H,5-7H2,1-4H3. The summed E-state index contributed by atoms with van der Waals surface area (Å²) in [7, 11) is 0. The van der Waals surface area contributed by atoms with Gasteiger partial charge in [-0.1, -0.05) is 17.2 Å². The normalized spacial score (nSPS) is 24.1. The van der Waals surface area contributed by atoms with Crippen molar-refractivity contribution in [2.24, 2.45) is 0 Å². The molecule has 0 bridgehead atoms. The Morgan fingerprint density at radius 3 is 2.06 bits per heavy atom. The number of benzene rings is 1. The summed E-state index contributed by atoms with van der Waals surface area (Å²) in [5.41, 5.74) is 3.17. The van der Waals surface area contributed by atoms with Crippen LogP contribution >= 0.6 is 0 Å². The maximum Gasteiger partial charge on any atom is 0.254 e. The zero-order valence-electron chi connectivity index (χ0n) is 11.9. The van der Waals surface area contributed by atoms with Gasteiger partial charge in [-0.3, -0.25) is 4.79 Å². The van der Waals surface area contributed by atoms with Gasteiger partial charge in [0.05, 0.1) is 0 Å². The third-order valence-corrected chi connectivity index (χ3v) is 3.90. The van der Waals surface area contributed by atoms with Crippen LogP contribution in [0.5, 0.6) is 0 Å². The van der Waals surface area contributed by atoms with E-state index in [1.807, 2.05) is 26.0 Å². The maximum atomic E-state index is 12.7. The Morgan fingerprint density at radius 1 is 1.06 bits per heavy atom. The van der Waals surface area contributed by atoms with Gasteiger partial charge in [-0.15, -0.1) is 0 Å². The second-order valence-corrected chi connectivity index (χ2v) is 5.72. The minimum absolute atomic E-state index is 0.196. The van der Waals surface area contributed by atoms with E-state index in [1.54, 1.807) is 0 Å². The average molecular weight is 245 g/mol. The highest BCUT2D eigenvalue weighted by Gasteiger charge is 2.29. The van der Waals surface area contributed by atoms with E-state index in [0.29, 0.717) is 12.1 Å². The Bertz CT molecular complexity index is 422. The van der Waals surface area contributed by atoms with Gasteiger partial charge in [-0.05, 0) is 59.1 Å². The SMILES string of the molecule is Cc1cc(C)cc(C(=O)N2C(C)CCCC2C)c1. The minimum atomic E-state index is 0.196. The Kier molecular flexibility index (Phi) is 3.74. The van der Waals surface area contributed by atoms with Gasteiger partial charge in [0.25, 0.3) is 5.91 Å². The quantitative estimate of drug-likeness (QED) is 0.738. The molecule has 1 heterocycles. The van der Waals surface area contributed by atoms with Crippen molar-refractivity contribution >= 4 is 5.91 Å². The minimum Gasteiger partial charge on any atom is -0.333 e. The lowest BCUT2D eigenvalue weighted by Gasteiger charge is -2.39. The molecule has 1 saturated heterocycles. The highest BCUT2D eigenvalue weighted by molar-refractivity contribution is 5.95. The fourth-order valence-corrected chi connectivity index (χ4v) is 3.07. The molecular weight excluding hydrogens is 222 g/mol. The van der Waals surface area contributed by atoms with E-state index in [1.165, 1.54) is 6.42 Å². The number of piperidine rings is 1. The second-order valence-electron chi connectivity index (χ2n) is 5.72. The Morgan fingerprint density at radius 2 is 1.56 bits per heavy atom. The van der Waals surface area contributed by atoms with Crippen molar-refractivity contribution in [2.75, 3.05) is 0 Å². The van der Waals surface area contributed by atoms with Crippen LogP contribution in [0, 0.1) is 13.8 Å². The lowest BCUT2D eigenvalue weighted by Crippen LogP contribution is -2.47. The van der Waals surface area contributed by atoms with Gasteiger partial charge < -0.3 is 4.90 Å². The van der Waals surface area contributed by atoms with Gasteiger partial charge in [0.2, 0.25) is 0 Å². The molecule has 1 amide bonds. The van der Waals surface area contributed by atoms with Crippen molar-refractivity contribution in [3.05, 3.63) is 34.9 Å². The summed E-state index contributed by atoms with van der Waals surface area (Å²) in [6.07, 6.45) is 3.49. The molecule has 98 valence electrons. The summed E-state index contributed by atoms with van der Waals surface area (Å²) >= 11 is 0. The Hall–Kier alpha value is -1.31. The van der Waals surface area contributed by atoms with Crippen molar-refractivity contribution in [1.82, 2.24) is 4.90 Å². The van der Waals surface area contributed by atoms with E-state index < -0.39 is 0 Å². The first-order chi connectivity index (χ1) is 8.49. The van der Waals surface area contributed by atoms with Gasteiger partial charge >= 0.3 is 0 Å². The number of nitrogens with zero attached hydrogens (tertiary/aromatic N) is 1. The Labute approximate surface area is 110 Å².